The molecule has 18 rings (SSSR count). The first-order valence-corrected chi connectivity index (χ1v) is 30.5. The van der Waals surface area contributed by atoms with Gasteiger partial charge in [0.05, 0.1) is 22.0 Å². The quantitative estimate of drug-likeness (QED) is 0.135. The van der Waals surface area contributed by atoms with Gasteiger partial charge in [0.2, 0.25) is 0 Å². The van der Waals surface area contributed by atoms with Crippen LogP contribution in [0.2, 0.25) is 0 Å². The van der Waals surface area contributed by atoms with Crippen LogP contribution in [0.4, 0.5) is 34.1 Å². The molecule has 2 aromatic heterocycles. The second-order valence-corrected chi connectivity index (χ2v) is 23.5. The molecule has 0 atom stereocenters. The Morgan fingerprint density at radius 1 is 0.227 bits per heavy atom. The number of aromatic nitrogens is 1. The van der Waals surface area contributed by atoms with Crippen molar-refractivity contribution < 1.29 is 0 Å². The zero-order valence-electron chi connectivity index (χ0n) is 48.1. The Balaban J connectivity index is 0.839. The topological polar surface area (TPSA) is 10.9 Å². The Hall–Kier alpha value is -11.5. The highest BCUT2D eigenvalue weighted by molar-refractivity contribution is 6.29. The summed E-state index contributed by atoms with van der Waals surface area (Å²) in [7, 11) is 0. The number of hydrogen-bond acceptors (Lipinski definition) is 2. The average molecular weight is 1120 g/mol. The third-order valence-electron chi connectivity index (χ3n) is 18.9. The predicted octanol–water partition coefficient (Wildman–Crippen LogP) is 22.8. The summed E-state index contributed by atoms with van der Waals surface area (Å²) in [5.74, 6) is 0. The number of hydrogen-bond donors (Lipinski definition) is 0. The van der Waals surface area contributed by atoms with Gasteiger partial charge >= 0.3 is 0 Å². The molecule has 0 N–H and O–H groups in total. The van der Waals surface area contributed by atoms with E-state index < -0.39 is 5.41 Å². The highest BCUT2D eigenvalue weighted by atomic mass is 15.1. The number of rotatable bonds is 10. The maximum atomic E-state index is 2.62. The van der Waals surface area contributed by atoms with E-state index in [2.05, 4.69) is 348 Å². The Morgan fingerprint density at radius 3 is 1.16 bits per heavy atom. The molecule has 0 amide bonds. The van der Waals surface area contributed by atoms with Crippen LogP contribution in [0.1, 0.15) is 22.3 Å². The van der Waals surface area contributed by atoms with Crippen LogP contribution < -0.4 is 9.80 Å². The molecule has 0 aliphatic heterocycles. The van der Waals surface area contributed by atoms with Crippen LogP contribution in [0.3, 0.4) is 0 Å². The van der Waals surface area contributed by atoms with Crippen LogP contribution >= 0.6 is 0 Å². The molecule has 0 fully saturated rings. The van der Waals surface area contributed by atoms with Crippen molar-refractivity contribution in [3.8, 4) is 66.8 Å². The third kappa shape index (κ3) is 7.44. The number of anilines is 6. The minimum Gasteiger partial charge on any atom is -0.311 e. The van der Waals surface area contributed by atoms with Gasteiger partial charge in [-0.3, -0.25) is 0 Å². The molecule has 88 heavy (non-hydrogen) atoms. The Labute approximate surface area is 511 Å². The molecule has 0 saturated carbocycles. The van der Waals surface area contributed by atoms with E-state index in [0.717, 1.165) is 39.7 Å². The molecule has 2 aliphatic carbocycles. The lowest BCUT2D eigenvalue weighted by Gasteiger charge is -2.31. The molecule has 14 aromatic carbocycles. The molecular formula is C85H55N3. The zero-order valence-corrected chi connectivity index (χ0v) is 48.1. The summed E-state index contributed by atoms with van der Waals surface area (Å²) < 4.78 is 2.62. The van der Waals surface area contributed by atoms with Crippen molar-refractivity contribution in [2.75, 3.05) is 9.80 Å². The molecule has 0 unspecified atom stereocenters. The maximum Gasteiger partial charge on any atom is 0.0726 e. The number of fused-ring (bicyclic) bond motifs is 17. The Kier molecular flexibility index (Phi) is 11.2. The fraction of sp³-hybridized carbons (Fsp3) is 0.0118. The molecule has 3 heteroatoms. The molecule has 3 nitrogen and oxygen atoms in total. The van der Waals surface area contributed by atoms with Crippen molar-refractivity contribution >= 4 is 72.2 Å². The number of benzene rings is 14. The summed E-state index contributed by atoms with van der Waals surface area (Å²) >= 11 is 0. The first kappa shape index (κ1) is 49.9. The summed E-state index contributed by atoms with van der Waals surface area (Å²) in [4.78, 5) is 4.73. The lowest BCUT2D eigenvalue weighted by atomic mass is 9.69. The number of para-hydroxylation sites is 4. The standard InChI is InChI=1S/C85H55N3/c1-5-20-56(21-6-1)58-36-45-65(46-37-58)86(63-24-9-3-10-25-63)67-49-40-60(41-50-67)62-44-53-73-78(54-62)85(76-33-16-13-28-69(76)70-29-14-17-34-77(70)85)79-55-75(81-74-32-19-31-72-71-30-15-18-35-80(71)88(83(72)74)84(81)82(73)79)61-42-51-68(52-43-61)87(64-26-11-4-12-27-64)66-47-38-59(39-48-66)57-22-7-2-8-23-57/h1-55H. The lowest BCUT2D eigenvalue weighted by Crippen LogP contribution is -2.26. The van der Waals surface area contributed by atoms with E-state index >= 15 is 0 Å². The molecule has 2 aliphatic rings. The van der Waals surface area contributed by atoms with Gasteiger partial charge in [0, 0.05) is 61.2 Å². The van der Waals surface area contributed by atoms with Gasteiger partial charge in [-0.05, 0) is 174 Å². The summed E-state index contributed by atoms with van der Waals surface area (Å²) in [6, 6.07) is 124. The van der Waals surface area contributed by atoms with Gasteiger partial charge < -0.3 is 14.2 Å². The molecular weight excluding hydrogens is 1060 g/mol. The van der Waals surface area contributed by atoms with E-state index in [0.29, 0.717) is 0 Å². The van der Waals surface area contributed by atoms with Crippen LogP contribution in [-0.4, -0.2) is 4.40 Å². The van der Waals surface area contributed by atoms with Crippen LogP contribution in [0.5, 0.6) is 0 Å². The number of nitrogens with zero attached hydrogens (tertiary/aromatic N) is 3. The predicted molar refractivity (Wildman–Crippen MR) is 369 cm³/mol. The summed E-state index contributed by atoms with van der Waals surface area (Å²) in [6.45, 7) is 0. The van der Waals surface area contributed by atoms with Crippen molar-refractivity contribution in [2.45, 2.75) is 5.41 Å². The minimum atomic E-state index is -0.638. The molecule has 0 radical (unpaired) electrons. The highest BCUT2D eigenvalue weighted by Crippen LogP contribution is 2.66. The third-order valence-corrected chi connectivity index (χ3v) is 18.9. The molecule has 2 heterocycles. The second kappa shape index (κ2) is 19.8. The van der Waals surface area contributed by atoms with Gasteiger partial charge in [-0.2, -0.15) is 0 Å². The van der Waals surface area contributed by atoms with Gasteiger partial charge in [-0.1, -0.05) is 243 Å². The SMILES string of the molecule is c1ccc(-c2ccc(N(c3ccccc3)c3ccc(-c4ccc5c(c4)C4(c6ccccc6-c6ccccc64)c4cc(-c6ccc(N(c7ccccc7)c7ccc(-c8ccccc8)cc7)cc6)c6c7cccc8c9ccccc9n(c6c4-5)c87)cc3)cc2)cc1. The van der Waals surface area contributed by atoms with Crippen molar-refractivity contribution in [1.82, 2.24) is 4.40 Å². The average Bonchev–Trinajstić information content (AvgIpc) is 1.52. The largest absolute Gasteiger partial charge is 0.311 e. The van der Waals surface area contributed by atoms with Gasteiger partial charge in [-0.15, -0.1) is 0 Å². The first-order valence-electron chi connectivity index (χ1n) is 30.5. The smallest absolute Gasteiger partial charge is 0.0726 e. The minimum absolute atomic E-state index is 0.638. The first-order chi connectivity index (χ1) is 43.7. The van der Waals surface area contributed by atoms with E-state index in [-0.39, 0.29) is 0 Å². The van der Waals surface area contributed by atoms with Crippen molar-refractivity contribution in [3.05, 3.63) is 356 Å². The van der Waals surface area contributed by atoms with E-state index in [4.69, 9.17) is 0 Å². The summed E-state index contributed by atoms with van der Waals surface area (Å²) in [5.41, 5.74) is 29.6. The molecule has 0 bridgehead atoms. The van der Waals surface area contributed by atoms with E-state index in [9.17, 15) is 0 Å². The second-order valence-electron chi connectivity index (χ2n) is 23.5. The molecule has 410 valence electrons. The summed E-state index contributed by atoms with van der Waals surface area (Å²) in [6.07, 6.45) is 0. The van der Waals surface area contributed by atoms with Gasteiger partial charge in [-0.25, -0.2) is 0 Å². The molecule has 16 aromatic rings. The Morgan fingerprint density at radius 2 is 0.625 bits per heavy atom. The van der Waals surface area contributed by atoms with Crippen molar-refractivity contribution in [3.63, 3.8) is 0 Å². The van der Waals surface area contributed by atoms with Gasteiger partial charge in [0.25, 0.3) is 0 Å². The van der Waals surface area contributed by atoms with E-state index in [1.54, 1.807) is 0 Å². The van der Waals surface area contributed by atoms with Crippen LogP contribution in [0, 0.1) is 0 Å². The van der Waals surface area contributed by atoms with E-state index in [1.165, 1.54) is 122 Å². The monoisotopic (exact) mass is 1120 g/mol. The van der Waals surface area contributed by atoms with Crippen molar-refractivity contribution in [1.29, 1.82) is 0 Å². The normalized spacial score (nSPS) is 12.6. The summed E-state index contributed by atoms with van der Waals surface area (Å²) in [5, 5.41) is 5.08. The van der Waals surface area contributed by atoms with Gasteiger partial charge in [0.15, 0.2) is 0 Å². The fourth-order valence-corrected chi connectivity index (χ4v) is 15.1. The lowest BCUT2D eigenvalue weighted by molar-refractivity contribution is 0.795. The maximum absolute atomic E-state index is 2.62. The van der Waals surface area contributed by atoms with Crippen LogP contribution in [0.25, 0.3) is 105 Å². The van der Waals surface area contributed by atoms with E-state index in [1.807, 2.05) is 0 Å². The highest BCUT2D eigenvalue weighted by Gasteiger charge is 2.53. The molecule has 1 spiro atoms. The molecule has 0 saturated heterocycles. The fourth-order valence-electron chi connectivity index (χ4n) is 15.1. The van der Waals surface area contributed by atoms with Gasteiger partial charge in [0.1, 0.15) is 0 Å². The van der Waals surface area contributed by atoms with Crippen molar-refractivity contribution in [2.24, 2.45) is 0 Å². The Bertz CT molecular complexity index is 5280. The zero-order chi connectivity index (χ0) is 57.9. The van der Waals surface area contributed by atoms with Crippen LogP contribution in [0.15, 0.2) is 334 Å². The van der Waals surface area contributed by atoms with Crippen LogP contribution in [-0.2, 0) is 5.41 Å².